The zero-order valence-corrected chi connectivity index (χ0v) is 12.2. The van der Waals surface area contributed by atoms with E-state index in [1.807, 2.05) is 18.9 Å². The third kappa shape index (κ3) is 1.93. The number of hydrogen-bond donors (Lipinski definition) is 0. The van der Waals surface area contributed by atoms with Crippen LogP contribution in [0.5, 0.6) is 0 Å². The van der Waals surface area contributed by atoms with Gasteiger partial charge in [0.05, 0.1) is 12.0 Å². The number of thioether (sulfide) groups is 1. The van der Waals surface area contributed by atoms with Crippen molar-refractivity contribution >= 4 is 11.8 Å². The molecule has 0 spiro atoms. The smallest absolute Gasteiger partial charge is 0.208 e. The van der Waals surface area contributed by atoms with Crippen LogP contribution in [0.2, 0.25) is 0 Å². The van der Waals surface area contributed by atoms with E-state index in [1.54, 1.807) is 0 Å². The van der Waals surface area contributed by atoms with E-state index in [4.69, 9.17) is 4.74 Å². The van der Waals surface area contributed by atoms with Crippen LogP contribution in [-0.2, 0) is 4.74 Å². The minimum Gasteiger partial charge on any atom is -0.481 e. The normalized spacial score (nSPS) is 36.6. The zero-order chi connectivity index (χ0) is 12.8. The number of rotatable bonds is 2. The molecule has 4 heteroatoms. The lowest BCUT2D eigenvalue weighted by molar-refractivity contribution is 0.103. The van der Waals surface area contributed by atoms with E-state index in [0.29, 0.717) is 6.04 Å². The van der Waals surface area contributed by atoms with Gasteiger partial charge in [0.25, 0.3) is 0 Å². The Hall–Kier alpha value is -0.870. The molecule has 4 aliphatic rings. The standard InChI is InChI=1S/C15H20N2OS/c1-18-15-14-12(4-7-19-14)3-6-17(15)13-8-11-2-5-16(9-11)10-13/h3-4,6,11,13H,2,5,7-10H2,1H3/t11-,13-/m1/s1. The van der Waals surface area contributed by atoms with Crippen LogP contribution in [0, 0.1) is 5.92 Å². The molecule has 4 aliphatic heterocycles. The lowest BCUT2D eigenvalue weighted by Crippen LogP contribution is -2.45. The highest BCUT2D eigenvalue weighted by molar-refractivity contribution is 8.03. The van der Waals surface area contributed by atoms with E-state index in [9.17, 15) is 0 Å². The summed E-state index contributed by atoms with van der Waals surface area (Å²) < 4.78 is 5.74. The molecule has 2 saturated heterocycles. The molecular weight excluding hydrogens is 256 g/mol. The summed E-state index contributed by atoms with van der Waals surface area (Å²) in [4.78, 5) is 6.32. The topological polar surface area (TPSA) is 15.7 Å². The van der Waals surface area contributed by atoms with Crippen LogP contribution in [0.4, 0.5) is 0 Å². The summed E-state index contributed by atoms with van der Waals surface area (Å²) in [6, 6.07) is 0.586. The van der Waals surface area contributed by atoms with Gasteiger partial charge in [0.15, 0.2) is 0 Å². The molecule has 1 unspecified atom stereocenters. The monoisotopic (exact) mass is 276 g/mol. The average Bonchev–Trinajstić information content (AvgIpc) is 3.03. The highest BCUT2D eigenvalue weighted by Crippen LogP contribution is 2.41. The van der Waals surface area contributed by atoms with E-state index >= 15 is 0 Å². The van der Waals surface area contributed by atoms with Gasteiger partial charge in [-0.05, 0) is 37.0 Å². The summed E-state index contributed by atoms with van der Waals surface area (Å²) in [6.07, 6.45) is 9.47. The number of piperidine rings is 1. The molecule has 2 bridgehead atoms. The summed E-state index contributed by atoms with van der Waals surface area (Å²) >= 11 is 1.90. The van der Waals surface area contributed by atoms with Gasteiger partial charge in [0.1, 0.15) is 0 Å². The summed E-state index contributed by atoms with van der Waals surface area (Å²) in [5, 5.41) is 0. The maximum Gasteiger partial charge on any atom is 0.208 e. The van der Waals surface area contributed by atoms with Crippen molar-refractivity contribution in [3.8, 4) is 0 Å². The largest absolute Gasteiger partial charge is 0.481 e. The fourth-order valence-corrected chi connectivity index (χ4v) is 4.84. The van der Waals surface area contributed by atoms with Gasteiger partial charge in [0, 0.05) is 31.1 Å². The number of allylic oxidation sites excluding steroid dienone is 2. The van der Waals surface area contributed by atoms with Crippen LogP contribution in [0.1, 0.15) is 12.8 Å². The second-order valence-electron chi connectivity index (χ2n) is 5.84. The van der Waals surface area contributed by atoms with Crippen LogP contribution < -0.4 is 0 Å². The van der Waals surface area contributed by atoms with Crippen LogP contribution in [0.25, 0.3) is 0 Å². The Morgan fingerprint density at radius 1 is 1.37 bits per heavy atom. The summed E-state index contributed by atoms with van der Waals surface area (Å²) in [5.41, 5.74) is 1.34. The zero-order valence-electron chi connectivity index (χ0n) is 11.3. The van der Waals surface area contributed by atoms with Gasteiger partial charge in [0.2, 0.25) is 5.88 Å². The predicted octanol–water partition coefficient (Wildman–Crippen LogP) is 2.40. The van der Waals surface area contributed by atoms with Crippen LogP contribution >= 0.6 is 11.8 Å². The fourth-order valence-electron chi connectivity index (χ4n) is 3.78. The van der Waals surface area contributed by atoms with Gasteiger partial charge in [-0.25, -0.2) is 0 Å². The molecule has 19 heavy (non-hydrogen) atoms. The van der Waals surface area contributed by atoms with Gasteiger partial charge in [-0.1, -0.05) is 6.08 Å². The van der Waals surface area contributed by atoms with Crippen molar-refractivity contribution < 1.29 is 4.74 Å². The van der Waals surface area contributed by atoms with E-state index in [-0.39, 0.29) is 0 Å². The minimum absolute atomic E-state index is 0.586. The van der Waals surface area contributed by atoms with Crippen LogP contribution in [0.3, 0.4) is 0 Å². The highest BCUT2D eigenvalue weighted by atomic mass is 32.2. The SMILES string of the molecule is COC1=C2SCC=C2C=CN1[C@@H]1C[C@H]2CCN(C2)C1. The van der Waals surface area contributed by atoms with Crippen molar-refractivity contribution in [3.05, 3.63) is 34.7 Å². The lowest BCUT2D eigenvalue weighted by atomic mass is 9.95. The third-order valence-corrected chi connectivity index (χ3v) is 5.70. The Balaban J connectivity index is 1.62. The molecule has 0 aromatic rings. The summed E-state index contributed by atoms with van der Waals surface area (Å²) in [6.45, 7) is 3.79. The Labute approximate surface area is 119 Å². The van der Waals surface area contributed by atoms with Crippen molar-refractivity contribution in [2.45, 2.75) is 18.9 Å². The molecule has 102 valence electrons. The van der Waals surface area contributed by atoms with Crippen molar-refractivity contribution in [1.82, 2.24) is 9.80 Å². The molecular formula is C15H20N2OS. The number of nitrogens with zero attached hydrogens (tertiary/aromatic N) is 2. The molecule has 3 nitrogen and oxygen atoms in total. The molecule has 0 aliphatic carbocycles. The second-order valence-corrected chi connectivity index (χ2v) is 6.87. The lowest BCUT2D eigenvalue weighted by Gasteiger charge is -2.39. The maximum absolute atomic E-state index is 5.74. The second kappa shape index (κ2) is 4.60. The molecule has 2 fully saturated rings. The van der Waals surface area contributed by atoms with Gasteiger partial charge in [-0.2, -0.15) is 0 Å². The average molecular weight is 276 g/mol. The van der Waals surface area contributed by atoms with E-state index < -0.39 is 0 Å². The molecule has 0 amide bonds. The summed E-state index contributed by atoms with van der Waals surface area (Å²) in [7, 11) is 1.81. The van der Waals surface area contributed by atoms with Crippen molar-refractivity contribution in [2.24, 2.45) is 5.92 Å². The number of hydrogen-bond acceptors (Lipinski definition) is 4. The quantitative estimate of drug-likeness (QED) is 0.769. The van der Waals surface area contributed by atoms with Crippen molar-refractivity contribution in [2.75, 3.05) is 32.5 Å². The number of fused-ring (bicyclic) bond motifs is 3. The highest BCUT2D eigenvalue weighted by Gasteiger charge is 2.37. The van der Waals surface area contributed by atoms with Gasteiger partial charge in [-0.15, -0.1) is 11.8 Å². The number of ether oxygens (including phenoxy) is 1. The first-order chi connectivity index (χ1) is 9.35. The molecule has 0 radical (unpaired) electrons. The van der Waals surface area contributed by atoms with Gasteiger partial charge in [-0.3, -0.25) is 0 Å². The Morgan fingerprint density at radius 2 is 2.32 bits per heavy atom. The molecule has 0 aromatic heterocycles. The molecule has 4 rings (SSSR count). The molecule has 0 aromatic carbocycles. The van der Waals surface area contributed by atoms with E-state index in [0.717, 1.165) is 17.6 Å². The Morgan fingerprint density at radius 3 is 3.16 bits per heavy atom. The van der Waals surface area contributed by atoms with Crippen molar-refractivity contribution in [1.29, 1.82) is 0 Å². The first-order valence-electron chi connectivity index (χ1n) is 7.15. The van der Waals surface area contributed by atoms with Gasteiger partial charge >= 0.3 is 0 Å². The minimum atomic E-state index is 0.586. The van der Waals surface area contributed by atoms with E-state index in [2.05, 4.69) is 28.2 Å². The fraction of sp³-hybridized carbons (Fsp3) is 0.600. The first kappa shape index (κ1) is 11.9. The Kier molecular flexibility index (Phi) is 2.88. The molecule has 3 atom stereocenters. The maximum atomic E-state index is 5.74. The molecule has 0 N–H and O–H groups in total. The van der Waals surface area contributed by atoms with Crippen LogP contribution in [-0.4, -0.2) is 48.3 Å². The molecule has 4 heterocycles. The van der Waals surface area contributed by atoms with E-state index in [1.165, 1.54) is 43.0 Å². The molecule has 0 saturated carbocycles. The van der Waals surface area contributed by atoms with Crippen molar-refractivity contribution in [3.63, 3.8) is 0 Å². The predicted molar refractivity (Wildman–Crippen MR) is 78.5 cm³/mol. The Bertz CT molecular complexity index is 471. The van der Waals surface area contributed by atoms with Gasteiger partial charge < -0.3 is 14.5 Å². The third-order valence-electron chi connectivity index (χ3n) is 4.67. The summed E-state index contributed by atoms with van der Waals surface area (Å²) in [5.74, 6) is 3.04. The van der Waals surface area contributed by atoms with Crippen LogP contribution in [0.15, 0.2) is 34.7 Å². The number of methoxy groups -OCH3 is 1. The first-order valence-corrected chi connectivity index (χ1v) is 8.14.